The Kier molecular flexibility index (Phi) is 2.90. The zero-order chi connectivity index (χ0) is 11.5. The Morgan fingerprint density at radius 1 is 1.38 bits per heavy atom. The van der Waals surface area contributed by atoms with Crippen LogP contribution in [0.4, 0.5) is 0 Å². The molecule has 1 heterocycles. The summed E-state index contributed by atoms with van der Waals surface area (Å²) < 4.78 is 4.76. The van der Waals surface area contributed by atoms with E-state index in [4.69, 9.17) is 9.57 Å². The molecule has 0 aliphatic carbocycles. The summed E-state index contributed by atoms with van der Waals surface area (Å²) in [5.74, 6) is -0.750. The number of nitrogens with zero attached hydrogens (tertiary/aromatic N) is 1. The first kappa shape index (κ1) is 10.7. The predicted octanol–water partition coefficient (Wildman–Crippen LogP) is 1.60. The van der Waals surface area contributed by atoms with Crippen molar-refractivity contribution in [3.63, 3.8) is 0 Å². The van der Waals surface area contributed by atoms with Gasteiger partial charge in [-0.15, -0.1) is 0 Å². The smallest absolute Gasteiger partial charge is 0.318 e. The molecule has 0 unspecified atom stereocenters. The lowest BCUT2D eigenvalue weighted by Gasteiger charge is -2.12. The number of oxime groups is 1. The molecule has 2 rings (SSSR count). The van der Waals surface area contributed by atoms with Crippen molar-refractivity contribution in [3.8, 4) is 0 Å². The van der Waals surface area contributed by atoms with Crippen LogP contribution in [0.3, 0.4) is 0 Å². The number of rotatable bonds is 2. The lowest BCUT2D eigenvalue weighted by molar-refractivity contribution is -0.145. The molecule has 0 amide bonds. The zero-order valence-electron chi connectivity index (χ0n) is 9.21. The van der Waals surface area contributed by atoms with Crippen molar-refractivity contribution in [3.05, 3.63) is 35.9 Å². The van der Waals surface area contributed by atoms with Crippen molar-refractivity contribution in [2.75, 3.05) is 7.11 Å². The van der Waals surface area contributed by atoms with Gasteiger partial charge in [0.05, 0.1) is 7.11 Å². The van der Waals surface area contributed by atoms with E-state index in [9.17, 15) is 4.79 Å². The summed E-state index contributed by atoms with van der Waals surface area (Å²) in [5.41, 5.74) is 1.53. The fraction of sp³-hybridized carbons (Fsp3) is 0.333. The maximum absolute atomic E-state index is 11.6. The van der Waals surface area contributed by atoms with E-state index >= 15 is 0 Å². The fourth-order valence-corrected chi connectivity index (χ4v) is 1.75. The Morgan fingerprint density at radius 3 is 2.69 bits per heavy atom. The summed E-state index contributed by atoms with van der Waals surface area (Å²) in [7, 11) is 1.37. The maximum Gasteiger partial charge on any atom is 0.318 e. The lowest BCUT2D eigenvalue weighted by Crippen LogP contribution is -2.30. The number of hydrogen-bond acceptors (Lipinski definition) is 4. The minimum atomic E-state index is -0.438. The van der Waals surface area contributed by atoms with Gasteiger partial charge in [0.25, 0.3) is 0 Å². The standard InChI is InChI=1S/C12H13NO3/c1-8-10(12(14)15-2)11(13-16-8)9-6-4-3-5-7-9/h3-8,10H,1-2H3/t8-,10+/m1/s1. The van der Waals surface area contributed by atoms with Gasteiger partial charge in [0.15, 0.2) is 0 Å². The average Bonchev–Trinajstić information content (AvgIpc) is 2.71. The van der Waals surface area contributed by atoms with Gasteiger partial charge in [0, 0.05) is 5.56 Å². The molecule has 0 N–H and O–H groups in total. The molecule has 0 radical (unpaired) electrons. The van der Waals surface area contributed by atoms with E-state index in [1.165, 1.54) is 7.11 Å². The van der Waals surface area contributed by atoms with E-state index in [1.807, 2.05) is 30.3 Å². The number of benzene rings is 1. The van der Waals surface area contributed by atoms with Crippen molar-refractivity contribution in [2.24, 2.45) is 11.1 Å². The van der Waals surface area contributed by atoms with Crippen LogP contribution in [0.1, 0.15) is 12.5 Å². The average molecular weight is 219 g/mol. The molecule has 2 atom stereocenters. The normalized spacial score (nSPS) is 23.5. The summed E-state index contributed by atoms with van der Waals surface area (Å²) in [6.45, 7) is 1.81. The number of methoxy groups -OCH3 is 1. The van der Waals surface area contributed by atoms with Gasteiger partial charge < -0.3 is 9.57 Å². The largest absolute Gasteiger partial charge is 0.468 e. The first-order chi connectivity index (χ1) is 7.74. The number of carbonyl (C=O) groups excluding carboxylic acids is 1. The summed E-state index contributed by atoms with van der Waals surface area (Å²) in [6, 6.07) is 9.51. The minimum absolute atomic E-state index is 0.275. The molecule has 1 aliphatic rings. The minimum Gasteiger partial charge on any atom is -0.468 e. The van der Waals surface area contributed by atoms with E-state index in [1.54, 1.807) is 6.92 Å². The van der Waals surface area contributed by atoms with E-state index < -0.39 is 5.92 Å². The Morgan fingerprint density at radius 2 is 2.06 bits per heavy atom. The molecule has 0 spiro atoms. The van der Waals surface area contributed by atoms with Crippen molar-refractivity contribution in [1.82, 2.24) is 0 Å². The Hall–Kier alpha value is -1.84. The van der Waals surface area contributed by atoms with Gasteiger partial charge >= 0.3 is 5.97 Å². The van der Waals surface area contributed by atoms with Gasteiger partial charge in [-0.3, -0.25) is 4.79 Å². The molecule has 4 nitrogen and oxygen atoms in total. The van der Waals surface area contributed by atoms with Crippen LogP contribution in [0, 0.1) is 5.92 Å². The van der Waals surface area contributed by atoms with E-state index in [0.29, 0.717) is 5.71 Å². The Labute approximate surface area is 93.9 Å². The van der Waals surface area contributed by atoms with Crippen molar-refractivity contribution in [1.29, 1.82) is 0 Å². The zero-order valence-corrected chi connectivity index (χ0v) is 9.21. The highest BCUT2D eigenvalue weighted by Crippen LogP contribution is 2.23. The molecular weight excluding hydrogens is 206 g/mol. The third kappa shape index (κ3) is 1.78. The van der Waals surface area contributed by atoms with Gasteiger partial charge in [0.2, 0.25) is 0 Å². The van der Waals surface area contributed by atoms with Gasteiger partial charge in [-0.05, 0) is 6.92 Å². The van der Waals surface area contributed by atoms with Crippen LogP contribution in [0.25, 0.3) is 0 Å². The first-order valence-electron chi connectivity index (χ1n) is 5.11. The number of carbonyl (C=O) groups is 1. The van der Waals surface area contributed by atoms with E-state index in [2.05, 4.69) is 5.16 Å². The second-order valence-electron chi connectivity index (χ2n) is 3.65. The van der Waals surface area contributed by atoms with Crippen molar-refractivity contribution >= 4 is 11.7 Å². The van der Waals surface area contributed by atoms with Crippen LogP contribution < -0.4 is 0 Å². The van der Waals surface area contributed by atoms with Crippen LogP contribution in [0.5, 0.6) is 0 Å². The van der Waals surface area contributed by atoms with Crippen molar-refractivity contribution in [2.45, 2.75) is 13.0 Å². The molecule has 1 aromatic carbocycles. The van der Waals surface area contributed by atoms with Gasteiger partial charge in [0.1, 0.15) is 17.7 Å². The molecular formula is C12H13NO3. The highest BCUT2D eigenvalue weighted by Gasteiger charge is 2.38. The number of ether oxygens (including phenoxy) is 1. The quantitative estimate of drug-likeness (QED) is 0.710. The number of esters is 1. The molecule has 1 aliphatic heterocycles. The molecule has 0 saturated heterocycles. The molecule has 0 aromatic heterocycles. The maximum atomic E-state index is 11.6. The molecule has 4 heteroatoms. The van der Waals surface area contributed by atoms with Crippen LogP contribution in [-0.2, 0) is 14.4 Å². The van der Waals surface area contributed by atoms with Crippen LogP contribution in [-0.4, -0.2) is 24.9 Å². The predicted molar refractivity (Wildman–Crippen MR) is 59.0 cm³/mol. The monoisotopic (exact) mass is 219 g/mol. The Balaban J connectivity index is 2.31. The molecule has 1 aromatic rings. The second-order valence-corrected chi connectivity index (χ2v) is 3.65. The number of hydrogen-bond donors (Lipinski definition) is 0. The van der Waals surface area contributed by atoms with Crippen LogP contribution in [0.15, 0.2) is 35.5 Å². The summed E-state index contributed by atoms with van der Waals surface area (Å²) in [4.78, 5) is 16.8. The van der Waals surface area contributed by atoms with Gasteiger partial charge in [-0.25, -0.2) is 0 Å². The Bertz CT molecular complexity index is 414. The molecule has 84 valence electrons. The summed E-state index contributed by atoms with van der Waals surface area (Å²) >= 11 is 0. The lowest BCUT2D eigenvalue weighted by atomic mass is 9.93. The van der Waals surface area contributed by atoms with Crippen LogP contribution in [0.2, 0.25) is 0 Å². The summed E-state index contributed by atoms with van der Waals surface area (Å²) in [5, 5.41) is 3.95. The topological polar surface area (TPSA) is 47.9 Å². The SMILES string of the molecule is COC(=O)[C@@H]1C(c2ccccc2)=NO[C@@H]1C. The molecule has 16 heavy (non-hydrogen) atoms. The summed E-state index contributed by atoms with van der Waals surface area (Å²) in [6.07, 6.45) is -0.275. The van der Waals surface area contributed by atoms with E-state index in [0.717, 1.165) is 5.56 Å². The highest BCUT2D eigenvalue weighted by molar-refractivity contribution is 6.12. The van der Waals surface area contributed by atoms with Crippen molar-refractivity contribution < 1.29 is 14.4 Å². The highest BCUT2D eigenvalue weighted by atomic mass is 16.6. The van der Waals surface area contributed by atoms with Gasteiger partial charge in [-0.1, -0.05) is 35.5 Å². The third-order valence-corrected chi connectivity index (χ3v) is 2.61. The second kappa shape index (κ2) is 4.35. The molecule has 0 saturated carbocycles. The van der Waals surface area contributed by atoms with Crippen LogP contribution >= 0.6 is 0 Å². The third-order valence-electron chi connectivity index (χ3n) is 2.61. The van der Waals surface area contributed by atoms with E-state index in [-0.39, 0.29) is 12.1 Å². The first-order valence-corrected chi connectivity index (χ1v) is 5.11. The fourth-order valence-electron chi connectivity index (χ4n) is 1.75. The van der Waals surface area contributed by atoms with Gasteiger partial charge in [-0.2, -0.15) is 0 Å². The molecule has 0 bridgehead atoms. The molecule has 0 fully saturated rings.